The SMILES string of the molecule is C[n+]1c(N=Nc2ccc(Nc3ccccc3)cc2)sc2ccccc21. The lowest BCUT2D eigenvalue weighted by atomic mass is 10.2. The normalized spacial score (nSPS) is 11.2. The number of aromatic nitrogens is 1. The second-order valence-corrected chi connectivity index (χ2v) is 6.66. The van der Waals surface area contributed by atoms with Gasteiger partial charge in [0.15, 0.2) is 0 Å². The number of nitrogens with one attached hydrogen (secondary N) is 1. The van der Waals surface area contributed by atoms with Crippen molar-refractivity contribution in [3.63, 3.8) is 0 Å². The van der Waals surface area contributed by atoms with Crippen LogP contribution in [0.3, 0.4) is 0 Å². The number of rotatable bonds is 4. The molecule has 0 aliphatic heterocycles. The lowest BCUT2D eigenvalue weighted by Gasteiger charge is -2.05. The van der Waals surface area contributed by atoms with E-state index in [0.29, 0.717) is 0 Å². The maximum absolute atomic E-state index is 4.41. The highest BCUT2D eigenvalue weighted by Crippen LogP contribution is 2.27. The molecule has 3 aromatic carbocycles. The highest BCUT2D eigenvalue weighted by atomic mass is 32.1. The van der Waals surface area contributed by atoms with Gasteiger partial charge in [-0.3, -0.25) is 0 Å². The van der Waals surface area contributed by atoms with Crippen LogP contribution in [0.5, 0.6) is 0 Å². The molecule has 1 aromatic heterocycles. The molecular formula is C20H17N4S+. The zero-order valence-corrected chi connectivity index (χ0v) is 14.6. The van der Waals surface area contributed by atoms with Gasteiger partial charge in [0, 0.05) is 11.4 Å². The Morgan fingerprint density at radius 2 is 1.44 bits per heavy atom. The molecule has 0 aliphatic carbocycles. The third kappa shape index (κ3) is 3.41. The largest absolute Gasteiger partial charge is 0.409 e. The smallest absolute Gasteiger partial charge is 0.356 e. The van der Waals surface area contributed by atoms with Gasteiger partial charge in [0.05, 0.1) is 16.9 Å². The first-order valence-corrected chi connectivity index (χ1v) is 8.83. The number of nitrogens with zero attached hydrogens (tertiary/aromatic N) is 3. The molecule has 0 atom stereocenters. The van der Waals surface area contributed by atoms with Crippen LogP contribution < -0.4 is 9.88 Å². The maximum Gasteiger partial charge on any atom is 0.409 e. The van der Waals surface area contributed by atoms with E-state index in [1.807, 2.05) is 73.8 Å². The summed E-state index contributed by atoms with van der Waals surface area (Å²) in [6.07, 6.45) is 0. The first-order valence-electron chi connectivity index (χ1n) is 8.01. The van der Waals surface area contributed by atoms with Crippen molar-refractivity contribution in [1.82, 2.24) is 0 Å². The molecule has 0 saturated carbocycles. The van der Waals surface area contributed by atoms with Crippen molar-refractivity contribution < 1.29 is 4.57 Å². The molecule has 25 heavy (non-hydrogen) atoms. The molecule has 122 valence electrons. The number of thiazole rings is 1. The number of benzene rings is 3. The number of fused-ring (bicyclic) bond motifs is 1. The predicted molar refractivity (Wildman–Crippen MR) is 103 cm³/mol. The van der Waals surface area contributed by atoms with Crippen LogP contribution in [0.15, 0.2) is 89.1 Å². The monoisotopic (exact) mass is 345 g/mol. The molecule has 0 bridgehead atoms. The molecule has 4 nitrogen and oxygen atoms in total. The Kier molecular flexibility index (Phi) is 4.23. The molecule has 0 aliphatic rings. The number of aryl methyl sites for hydroxylation is 1. The summed E-state index contributed by atoms with van der Waals surface area (Å²) in [5, 5.41) is 13.0. The zero-order chi connectivity index (χ0) is 17.1. The van der Waals surface area contributed by atoms with Crippen LogP contribution >= 0.6 is 11.3 Å². The van der Waals surface area contributed by atoms with E-state index in [0.717, 1.165) is 22.2 Å². The Labute approximate surface area is 150 Å². The summed E-state index contributed by atoms with van der Waals surface area (Å²) in [5.41, 5.74) is 4.09. The van der Waals surface area contributed by atoms with Crippen molar-refractivity contribution >= 4 is 43.7 Å². The first kappa shape index (κ1) is 15.5. The Morgan fingerprint density at radius 1 is 0.760 bits per heavy atom. The molecule has 4 rings (SSSR count). The van der Waals surface area contributed by atoms with Crippen LogP contribution in [-0.2, 0) is 7.05 Å². The Bertz CT molecular complexity index is 1020. The molecule has 5 heteroatoms. The predicted octanol–water partition coefficient (Wildman–Crippen LogP) is 5.88. The van der Waals surface area contributed by atoms with Gasteiger partial charge in [-0.1, -0.05) is 30.3 Å². The molecular weight excluding hydrogens is 328 g/mol. The van der Waals surface area contributed by atoms with Gasteiger partial charge in [0.2, 0.25) is 0 Å². The van der Waals surface area contributed by atoms with Crippen molar-refractivity contribution in [3.05, 3.63) is 78.9 Å². The summed E-state index contributed by atoms with van der Waals surface area (Å²) in [6.45, 7) is 0. The van der Waals surface area contributed by atoms with Gasteiger partial charge in [0.25, 0.3) is 0 Å². The van der Waals surface area contributed by atoms with Crippen molar-refractivity contribution in [2.24, 2.45) is 17.3 Å². The Balaban J connectivity index is 1.52. The van der Waals surface area contributed by atoms with Crippen LogP contribution in [-0.4, -0.2) is 0 Å². The van der Waals surface area contributed by atoms with Crippen LogP contribution in [0.2, 0.25) is 0 Å². The van der Waals surface area contributed by atoms with Crippen molar-refractivity contribution in [2.45, 2.75) is 0 Å². The molecule has 0 unspecified atom stereocenters. The van der Waals surface area contributed by atoms with Crippen molar-refractivity contribution in [2.75, 3.05) is 5.32 Å². The van der Waals surface area contributed by atoms with Crippen LogP contribution in [0.1, 0.15) is 0 Å². The lowest BCUT2D eigenvalue weighted by Crippen LogP contribution is -2.25. The van der Waals surface area contributed by atoms with E-state index in [2.05, 4.69) is 32.2 Å². The van der Waals surface area contributed by atoms with E-state index in [1.54, 1.807) is 11.3 Å². The van der Waals surface area contributed by atoms with Gasteiger partial charge in [-0.25, -0.2) is 4.57 Å². The number of hydrogen-bond donors (Lipinski definition) is 1. The van der Waals surface area contributed by atoms with Gasteiger partial charge in [-0.05, 0) is 65.0 Å². The lowest BCUT2D eigenvalue weighted by molar-refractivity contribution is -0.627. The van der Waals surface area contributed by atoms with Gasteiger partial charge in [0.1, 0.15) is 11.2 Å². The number of hydrogen-bond acceptors (Lipinski definition) is 4. The highest BCUT2D eigenvalue weighted by Gasteiger charge is 2.15. The molecule has 0 fully saturated rings. The van der Waals surface area contributed by atoms with Crippen molar-refractivity contribution in [3.8, 4) is 0 Å². The van der Waals surface area contributed by atoms with E-state index >= 15 is 0 Å². The highest BCUT2D eigenvalue weighted by molar-refractivity contribution is 7.21. The fourth-order valence-electron chi connectivity index (χ4n) is 2.58. The quantitative estimate of drug-likeness (QED) is 0.364. The Morgan fingerprint density at radius 3 is 2.20 bits per heavy atom. The number of anilines is 2. The average molecular weight is 345 g/mol. The summed E-state index contributed by atoms with van der Waals surface area (Å²) in [6, 6.07) is 26.3. The minimum atomic E-state index is 0.830. The van der Waals surface area contributed by atoms with Gasteiger partial charge >= 0.3 is 5.13 Å². The fraction of sp³-hybridized carbons (Fsp3) is 0.0500. The molecule has 1 N–H and O–H groups in total. The maximum atomic E-state index is 4.41. The standard InChI is InChI=1S/C20H16N4S/c1-24-18-9-5-6-10-19(18)25-20(24)23-22-17-13-11-16(12-14-17)21-15-7-3-2-4-8-15/h2-14H,1H3/p+1. The van der Waals surface area contributed by atoms with Crippen LogP contribution in [0.25, 0.3) is 10.2 Å². The molecule has 0 amide bonds. The van der Waals surface area contributed by atoms with Gasteiger partial charge in [-0.15, -0.1) is 0 Å². The minimum Gasteiger partial charge on any atom is -0.356 e. The van der Waals surface area contributed by atoms with E-state index < -0.39 is 0 Å². The molecule has 0 saturated heterocycles. The van der Waals surface area contributed by atoms with E-state index in [9.17, 15) is 0 Å². The molecule has 0 spiro atoms. The minimum absolute atomic E-state index is 0.830. The van der Waals surface area contributed by atoms with E-state index in [1.165, 1.54) is 10.2 Å². The average Bonchev–Trinajstić information content (AvgIpc) is 2.98. The summed E-state index contributed by atoms with van der Waals surface area (Å²) in [4.78, 5) is 0. The van der Waals surface area contributed by atoms with Gasteiger partial charge < -0.3 is 5.32 Å². The summed E-state index contributed by atoms with van der Waals surface area (Å²) >= 11 is 1.64. The number of azo groups is 1. The molecule has 0 radical (unpaired) electrons. The number of para-hydroxylation sites is 2. The Hall–Kier alpha value is -3.05. The van der Waals surface area contributed by atoms with Crippen LogP contribution in [0, 0.1) is 0 Å². The second kappa shape index (κ2) is 6.83. The van der Waals surface area contributed by atoms with Crippen LogP contribution in [0.4, 0.5) is 22.2 Å². The first-order chi connectivity index (χ1) is 12.3. The van der Waals surface area contributed by atoms with Gasteiger partial charge in [-0.2, -0.15) is 0 Å². The third-order valence-electron chi connectivity index (χ3n) is 3.90. The summed E-state index contributed by atoms with van der Waals surface area (Å²) in [5.74, 6) is 0. The third-order valence-corrected chi connectivity index (χ3v) is 5.00. The summed E-state index contributed by atoms with van der Waals surface area (Å²) < 4.78 is 3.27. The zero-order valence-electron chi connectivity index (χ0n) is 13.8. The molecule has 4 aromatic rings. The summed E-state index contributed by atoms with van der Waals surface area (Å²) in [7, 11) is 2.01. The fourth-order valence-corrected chi connectivity index (χ4v) is 3.55. The topological polar surface area (TPSA) is 40.6 Å². The van der Waals surface area contributed by atoms with Crippen molar-refractivity contribution in [1.29, 1.82) is 0 Å². The molecule has 1 heterocycles. The van der Waals surface area contributed by atoms with E-state index in [4.69, 9.17) is 0 Å². The second-order valence-electron chi connectivity index (χ2n) is 5.65. The van der Waals surface area contributed by atoms with E-state index in [-0.39, 0.29) is 0 Å².